The van der Waals surface area contributed by atoms with Crippen LogP contribution in [0, 0.1) is 5.92 Å². The number of hydrogen-bond donors (Lipinski definition) is 2. The molecule has 0 bridgehead atoms. The van der Waals surface area contributed by atoms with E-state index in [9.17, 15) is 17.6 Å². The van der Waals surface area contributed by atoms with Gasteiger partial charge in [-0.3, -0.25) is 5.10 Å². The van der Waals surface area contributed by atoms with Crippen LogP contribution in [0.1, 0.15) is 18.7 Å². The van der Waals surface area contributed by atoms with Crippen LogP contribution >= 0.6 is 0 Å². The highest BCUT2D eigenvalue weighted by Crippen LogP contribution is 2.33. The van der Waals surface area contributed by atoms with Crippen molar-refractivity contribution in [3.05, 3.63) is 5.82 Å². The van der Waals surface area contributed by atoms with E-state index in [0.29, 0.717) is 25.0 Å². The predicted molar refractivity (Wildman–Crippen MR) is 63.0 cm³/mol. The van der Waals surface area contributed by atoms with Crippen LogP contribution in [-0.4, -0.2) is 47.3 Å². The molecule has 2 fully saturated rings. The van der Waals surface area contributed by atoms with Crippen LogP contribution < -0.4 is 10.2 Å². The number of nitrogens with one attached hydrogen (secondary N) is 2. The molecule has 3 rings (SSSR count). The average Bonchev–Trinajstić information content (AvgIpc) is 3.05. The Labute approximate surface area is 112 Å². The summed E-state index contributed by atoms with van der Waals surface area (Å²) in [7, 11) is 0. The summed E-state index contributed by atoms with van der Waals surface area (Å²) in [5.74, 6) is -4.88. The minimum absolute atomic E-state index is 0.0662. The summed E-state index contributed by atoms with van der Waals surface area (Å²) in [5, 5.41) is 8.95. The second-order valence-electron chi connectivity index (χ2n) is 5.28. The predicted octanol–water partition coefficient (Wildman–Crippen LogP) is 1.35. The Bertz CT molecular complexity index is 463. The summed E-state index contributed by atoms with van der Waals surface area (Å²) in [6, 6.07) is 0.293. The van der Waals surface area contributed by atoms with Gasteiger partial charge < -0.3 is 10.2 Å². The maximum absolute atomic E-state index is 13.2. The number of nitrogens with zero attached hydrogens (tertiary/aromatic N) is 3. The quantitative estimate of drug-likeness (QED) is 0.826. The Morgan fingerprint density at radius 3 is 2.80 bits per heavy atom. The van der Waals surface area contributed by atoms with Crippen molar-refractivity contribution in [1.29, 1.82) is 0 Å². The molecule has 2 aliphatic rings. The molecule has 3 heterocycles. The Kier molecular flexibility index (Phi) is 3.31. The van der Waals surface area contributed by atoms with E-state index in [4.69, 9.17) is 0 Å². The Morgan fingerprint density at radius 1 is 1.30 bits per heavy atom. The molecule has 0 saturated carbocycles. The fourth-order valence-electron chi connectivity index (χ4n) is 2.86. The van der Waals surface area contributed by atoms with Gasteiger partial charge in [0, 0.05) is 19.1 Å². The monoisotopic (exact) mass is 293 g/mol. The zero-order valence-corrected chi connectivity index (χ0v) is 10.6. The van der Waals surface area contributed by atoms with Crippen molar-refractivity contribution >= 4 is 5.95 Å². The van der Waals surface area contributed by atoms with Gasteiger partial charge in [-0.2, -0.15) is 13.8 Å². The minimum Gasteiger partial charge on any atom is -0.338 e. The van der Waals surface area contributed by atoms with Crippen molar-refractivity contribution in [1.82, 2.24) is 20.5 Å². The van der Waals surface area contributed by atoms with Gasteiger partial charge in [0.25, 0.3) is 0 Å². The molecule has 112 valence electrons. The molecular weight excluding hydrogens is 278 g/mol. The number of halogens is 4. The zero-order chi connectivity index (χ0) is 14.3. The average molecular weight is 293 g/mol. The van der Waals surface area contributed by atoms with Crippen molar-refractivity contribution in [2.45, 2.75) is 31.2 Å². The minimum atomic E-state index is -4.30. The molecule has 0 radical (unpaired) electrons. The van der Waals surface area contributed by atoms with Gasteiger partial charge in [-0.15, -0.1) is 5.10 Å². The van der Waals surface area contributed by atoms with Crippen LogP contribution in [0.15, 0.2) is 0 Å². The molecule has 2 unspecified atom stereocenters. The van der Waals surface area contributed by atoms with E-state index in [-0.39, 0.29) is 5.95 Å². The normalized spacial score (nSPS) is 27.1. The Hall–Kier alpha value is -1.38. The fourth-order valence-corrected chi connectivity index (χ4v) is 2.86. The molecule has 2 aliphatic heterocycles. The van der Waals surface area contributed by atoms with Gasteiger partial charge in [-0.1, -0.05) is 0 Å². The number of alkyl halides is 4. The number of piperidine rings is 1. The molecule has 9 heteroatoms. The number of fused-ring (bicyclic) bond motifs is 1. The van der Waals surface area contributed by atoms with Crippen molar-refractivity contribution < 1.29 is 17.6 Å². The van der Waals surface area contributed by atoms with E-state index >= 15 is 0 Å². The van der Waals surface area contributed by atoms with E-state index in [1.807, 2.05) is 5.10 Å². The molecule has 1 aromatic rings. The van der Waals surface area contributed by atoms with Crippen LogP contribution in [0.3, 0.4) is 0 Å². The molecule has 5 nitrogen and oxygen atoms in total. The van der Waals surface area contributed by atoms with E-state index in [1.54, 1.807) is 4.90 Å². The largest absolute Gasteiger partial charge is 0.365 e. The smallest absolute Gasteiger partial charge is 0.338 e. The number of hydrogen-bond acceptors (Lipinski definition) is 4. The van der Waals surface area contributed by atoms with Crippen LogP contribution in [-0.2, 0) is 5.92 Å². The highest BCUT2D eigenvalue weighted by molar-refractivity contribution is 5.33. The molecular formula is C11H15F4N5. The number of anilines is 1. The van der Waals surface area contributed by atoms with Gasteiger partial charge in [0.15, 0.2) is 0 Å². The van der Waals surface area contributed by atoms with E-state index in [0.717, 1.165) is 19.4 Å². The summed E-state index contributed by atoms with van der Waals surface area (Å²) in [4.78, 5) is 5.30. The van der Waals surface area contributed by atoms with Gasteiger partial charge in [0.1, 0.15) is 0 Å². The van der Waals surface area contributed by atoms with Crippen LogP contribution in [0.2, 0.25) is 0 Å². The van der Waals surface area contributed by atoms with Crippen LogP contribution in [0.25, 0.3) is 0 Å². The molecule has 2 N–H and O–H groups in total. The maximum atomic E-state index is 13.2. The molecule has 0 aromatic carbocycles. The first-order valence-electron chi connectivity index (χ1n) is 6.55. The van der Waals surface area contributed by atoms with Crippen LogP contribution in [0.4, 0.5) is 23.5 Å². The number of H-pyrrole nitrogens is 1. The molecule has 1 aromatic heterocycles. The van der Waals surface area contributed by atoms with E-state index in [1.165, 1.54) is 0 Å². The first-order valence-corrected chi connectivity index (χ1v) is 6.55. The maximum Gasteiger partial charge on any atom is 0.365 e. The summed E-state index contributed by atoms with van der Waals surface area (Å²) >= 11 is 0. The van der Waals surface area contributed by atoms with E-state index < -0.39 is 18.2 Å². The molecule has 0 amide bonds. The summed E-state index contributed by atoms with van der Waals surface area (Å²) in [6.45, 7) is 2.22. The summed E-state index contributed by atoms with van der Waals surface area (Å²) in [6.07, 6.45) is -1.65. The van der Waals surface area contributed by atoms with Crippen molar-refractivity contribution in [2.24, 2.45) is 5.92 Å². The second kappa shape index (κ2) is 4.87. The second-order valence-corrected chi connectivity index (χ2v) is 5.28. The first kappa shape index (κ1) is 13.6. The van der Waals surface area contributed by atoms with Gasteiger partial charge in [-0.05, 0) is 25.3 Å². The lowest BCUT2D eigenvalue weighted by molar-refractivity contribution is -0.140. The van der Waals surface area contributed by atoms with Gasteiger partial charge >= 0.3 is 12.3 Å². The van der Waals surface area contributed by atoms with Crippen molar-refractivity contribution in [2.75, 3.05) is 24.5 Å². The van der Waals surface area contributed by atoms with Gasteiger partial charge in [-0.25, -0.2) is 8.78 Å². The summed E-state index contributed by atoms with van der Waals surface area (Å²) in [5.41, 5.74) is 0. The topological polar surface area (TPSA) is 56.8 Å². The van der Waals surface area contributed by atoms with Gasteiger partial charge in [0.2, 0.25) is 11.8 Å². The third-order valence-corrected chi connectivity index (χ3v) is 3.95. The molecule has 2 saturated heterocycles. The van der Waals surface area contributed by atoms with Crippen molar-refractivity contribution in [3.63, 3.8) is 0 Å². The zero-order valence-electron chi connectivity index (χ0n) is 10.6. The van der Waals surface area contributed by atoms with Crippen LogP contribution in [0.5, 0.6) is 0 Å². The lowest BCUT2D eigenvalue weighted by Crippen LogP contribution is -2.40. The number of rotatable bonds is 3. The molecule has 0 spiro atoms. The molecule has 20 heavy (non-hydrogen) atoms. The third kappa shape index (κ3) is 2.23. The van der Waals surface area contributed by atoms with Crippen molar-refractivity contribution in [3.8, 4) is 0 Å². The Balaban J connectivity index is 1.74. The summed E-state index contributed by atoms with van der Waals surface area (Å²) < 4.78 is 50.8. The molecule has 2 atom stereocenters. The Morgan fingerprint density at radius 2 is 2.10 bits per heavy atom. The number of aromatic amines is 1. The lowest BCUT2D eigenvalue weighted by atomic mass is 9.94. The van der Waals surface area contributed by atoms with E-state index in [2.05, 4.69) is 15.4 Å². The van der Waals surface area contributed by atoms with Gasteiger partial charge in [0.05, 0.1) is 0 Å². The lowest BCUT2D eigenvalue weighted by Gasteiger charge is -2.24. The molecule has 0 aliphatic carbocycles. The highest BCUT2D eigenvalue weighted by Gasteiger charge is 2.47. The highest BCUT2D eigenvalue weighted by atomic mass is 19.3. The standard InChI is InChI=1S/C11H15F4N5/c12-8(13)11(14,15)9-17-10(19-18-9)20-4-6-2-1-3-16-7(6)5-20/h6-8,16H,1-5H2,(H,17,18,19). The number of aromatic nitrogens is 3. The third-order valence-electron chi connectivity index (χ3n) is 3.95. The SMILES string of the molecule is FC(F)C(F)(F)c1nc(N2CC3CCCNC3C2)n[nH]1. The fraction of sp³-hybridized carbons (Fsp3) is 0.818. The first-order chi connectivity index (χ1) is 9.48.